The molecule has 1 aliphatic rings. The van der Waals surface area contributed by atoms with E-state index in [9.17, 15) is 4.79 Å². The van der Waals surface area contributed by atoms with E-state index in [1.54, 1.807) is 45.3 Å². The molecule has 1 aliphatic heterocycles. The van der Waals surface area contributed by atoms with Crippen LogP contribution in [0.3, 0.4) is 0 Å². The SMILES string of the molecule is O=C(c1csc(-c2cccs2)n1)N1CCc2sccc2C1c1cccs1. The van der Waals surface area contributed by atoms with Gasteiger partial charge in [0, 0.05) is 21.7 Å². The first-order valence-electron chi connectivity index (χ1n) is 8.21. The molecule has 0 saturated heterocycles. The zero-order valence-corrected chi connectivity index (χ0v) is 16.9. The molecule has 1 unspecified atom stereocenters. The second-order valence-electron chi connectivity index (χ2n) is 5.98. The van der Waals surface area contributed by atoms with Crippen LogP contribution in [-0.2, 0) is 6.42 Å². The van der Waals surface area contributed by atoms with Gasteiger partial charge in [0.05, 0.1) is 10.9 Å². The van der Waals surface area contributed by atoms with Crippen molar-refractivity contribution in [1.29, 1.82) is 0 Å². The number of hydrogen-bond acceptors (Lipinski definition) is 6. The minimum absolute atomic E-state index is 0.00406. The van der Waals surface area contributed by atoms with Gasteiger partial charge in [-0.1, -0.05) is 12.1 Å². The number of carbonyl (C=O) groups is 1. The van der Waals surface area contributed by atoms with Crippen molar-refractivity contribution in [2.45, 2.75) is 12.5 Å². The van der Waals surface area contributed by atoms with Crippen molar-refractivity contribution in [3.05, 3.63) is 72.9 Å². The van der Waals surface area contributed by atoms with Gasteiger partial charge in [0.2, 0.25) is 0 Å². The maximum absolute atomic E-state index is 13.3. The molecular formula is C19H14N2OS4. The van der Waals surface area contributed by atoms with Crippen LogP contribution in [0.2, 0.25) is 0 Å². The summed E-state index contributed by atoms with van der Waals surface area (Å²) >= 11 is 6.70. The Bertz CT molecular complexity index is 1030. The zero-order chi connectivity index (χ0) is 17.5. The summed E-state index contributed by atoms with van der Waals surface area (Å²) in [6.07, 6.45) is 0.919. The standard InChI is InChI=1S/C19H14N2OS4/c22-19(13-11-26-18(20-13)16-4-2-9-24-16)21-7-5-14-12(6-10-25-14)17(21)15-3-1-8-23-15/h1-4,6,8-11,17H,5,7H2. The van der Waals surface area contributed by atoms with E-state index in [-0.39, 0.29) is 11.9 Å². The number of nitrogens with zero attached hydrogens (tertiary/aromatic N) is 2. The molecule has 0 radical (unpaired) electrons. The fourth-order valence-electron chi connectivity index (χ4n) is 3.32. The molecule has 0 aromatic carbocycles. The number of carbonyl (C=O) groups excluding carboxylic acids is 1. The molecule has 0 fully saturated rings. The normalized spacial score (nSPS) is 16.6. The molecule has 0 saturated carbocycles. The lowest BCUT2D eigenvalue weighted by molar-refractivity contribution is 0.0693. The van der Waals surface area contributed by atoms with Crippen molar-refractivity contribution < 1.29 is 4.79 Å². The van der Waals surface area contributed by atoms with Crippen LogP contribution in [0.25, 0.3) is 9.88 Å². The summed E-state index contributed by atoms with van der Waals surface area (Å²) in [5, 5.41) is 9.07. The van der Waals surface area contributed by atoms with Crippen LogP contribution in [0.15, 0.2) is 51.9 Å². The average molecular weight is 415 g/mol. The van der Waals surface area contributed by atoms with Gasteiger partial charge in [-0.2, -0.15) is 0 Å². The predicted octanol–water partition coefficient (Wildman–Crippen LogP) is 5.78. The lowest BCUT2D eigenvalue weighted by Gasteiger charge is -2.35. The summed E-state index contributed by atoms with van der Waals surface area (Å²) in [4.78, 5) is 23.6. The lowest BCUT2D eigenvalue weighted by atomic mass is 9.98. The molecule has 0 bridgehead atoms. The Morgan fingerprint density at radius 1 is 1.04 bits per heavy atom. The fraction of sp³-hybridized carbons (Fsp3) is 0.158. The van der Waals surface area contributed by atoms with Crippen LogP contribution in [0, 0.1) is 0 Å². The van der Waals surface area contributed by atoms with E-state index >= 15 is 0 Å². The summed E-state index contributed by atoms with van der Waals surface area (Å²) < 4.78 is 0. The molecule has 0 aliphatic carbocycles. The summed E-state index contributed by atoms with van der Waals surface area (Å²) in [5.41, 5.74) is 1.82. The van der Waals surface area contributed by atoms with Crippen LogP contribution >= 0.6 is 45.3 Å². The van der Waals surface area contributed by atoms with Gasteiger partial charge in [0.25, 0.3) is 5.91 Å². The van der Waals surface area contributed by atoms with Gasteiger partial charge in [-0.3, -0.25) is 4.79 Å². The van der Waals surface area contributed by atoms with Crippen LogP contribution in [0.4, 0.5) is 0 Å². The summed E-state index contributed by atoms with van der Waals surface area (Å²) in [6, 6.07) is 10.4. The third-order valence-corrected chi connectivity index (χ3v) is 8.30. The second kappa shape index (κ2) is 6.74. The van der Waals surface area contributed by atoms with E-state index in [0.717, 1.165) is 22.9 Å². The van der Waals surface area contributed by atoms with E-state index in [2.05, 4.69) is 33.9 Å². The van der Waals surface area contributed by atoms with Gasteiger partial charge >= 0.3 is 0 Å². The Balaban J connectivity index is 1.51. The predicted molar refractivity (Wildman–Crippen MR) is 111 cm³/mol. The van der Waals surface area contributed by atoms with Crippen molar-refractivity contribution in [2.75, 3.05) is 6.54 Å². The van der Waals surface area contributed by atoms with Gasteiger partial charge in [-0.15, -0.1) is 45.3 Å². The Kier molecular flexibility index (Phi) is 4.24. The minimum atomic E-state index is 0.00406. The van der Waals surface area contributed by atoms with E-state index in [4.69, 9.17) is 0 Å². The molecule has 7 heteroatoms. The molecule has 1 amide bonds. The van der Waals surface area contributed by atoms with Gasteiger partial charge < -0.3 is 4.90 Å². The molecule has 5 heterocycles. The van der Waals surface area contributed by atoms with Crippen LogP contribution in [0.1, 0.15) is 31.8 Å². The summed E-state index contributed by atoms with van der Waals surface area (Å²) in [5.74, 6) is 0.0271. The highest BCUT2D eigenvalue weighted by Crippen LogP contribution is 2.40. The highest BCUT2D eigenvalue weighted by Gasteiger charge is 2.34. The Morgan fingerprint density at radius 2 is 1.92 bits per heavy atom. The van der Waals surface area contributed by atoms with Gasteiger partial charge in [-0.25, -0.2) is 4.98 Å². The number of thiazole rings is 1. The maximum Gasteiger partial charge on any atom is 0.274 e. The number of hydrogen-bond donors (Lipinski definition) is 0. The smallest absolute Gasteiger partial charge is 0.274 e. The quantitative estimate of drug-likeness (QED) is 0.425. The third kappa shape index (κ3) is 2.75. The molecule has 26 heavy (non-hydrogen) atoms. The minimum Gasteiger partial charge on any atom is -0.325 e. The van der Waals surface area contributed by atoms with Crippen molar-refractivity contribution in [2.24, 2.45) is 0 Å². The topological polar surface area (TPSA) is 33.2 Å². The third-order valence-electron chi connectivity index (χ3n) is 4.49. The first-order valence-corrected chi connectivity index (χ1v) is 11.7. The van der Waals surface area contributed by atoms with Gasteiger partial charge in [0.1, 0.15) is 10.7 Å². The molecule has 4 aromatic heterocycles. The molecule has 3 nitrogen and oxygen atoms in total. The van der Waals surface area contributed by atoms with E-state index in [1.165, 1.54) is 15.3 Å². The van der Waals surface area contributed by atoms with Crippen LogP contribution in [0.5, 0.6) is 0 Å². The first-order chi connectivity index (χ1) is 12.8. The Labute approximate surface area is 167 Å². The molecule has 5 rings (SSSR count). The molecule has 130 valence electrons. The van der Waals surface area contributed by atoms with Crippen molar-refractivity contribution in [1.82, 2.24) is 9.88 Å². The molecule has 0 N–H and O–H groups in total. The van der Waals surface area contributed by atoms with E-state index in [0.29, 0.717) is 5.69 Å². The van der Waals surface area contributed by atoms with Crippen LogP contribution in [-0.4, -0.2) is 22.3 Å². The molecule has 0 spiro atoms. The lowest BCUT2D eigenvalue weighted by Crippen LogP contribution is -2.39. The number of amides is 1. The number of rotatable bonds is 3. The summed E-state index contributed by atoms with van der Waals surface area (Å²) in [6.45, 7) is 0.737. The van der Waals surface area contributed by atoms with Crippen molar-refractivity contribution >= 4 is 51.3 Å². The largest absolute Gasteiger partial charge is 0.325 e. The highest BCUT2D eigenvalue weighted by molar-refractivity contribution is 7.20. The zero-order valence-electron chi connectivity index (χ0n) is 13.6. The fourth-order valence-corrected chi connectivity index (χ4v) is 6.69. The van der Waals surface area contributed by atoms with Crippen molar-refractivity contribution in [3.8, 4) is 9.88 Å². The summed E-state index contributed by atoms with van der Waals surface area (Å²) in [7, 11) is 0. The number of fused-ring (bicyclic) bond motifs is 1. The van der Waals surface area contributed by atoms with E-state index < -0.39 is 0 Å². The van der Waals surface area contributed by atoms with E-state index in [1.807, 2.05) is 27.8 Å². The average Bonchev–Trinajstić information content (AvgIpc) is 3.47. The monoisotopic (exact) mass is 414 g/mol. The van der Waals surface area contributed by atoms with Crippen molar-refractivity contribution in [3.63, 3.8) is 0 Å². The van der Waals surface area contributed by atoms with Gasteiger partial charge in [0.15, 0.2) is 0 Å². The Morgan fingerprint density at radius 3 is 2.73 bits per heavy atom. The van der Waals surface area contributed by atoms with Gasteiger partial charge in [-0.05, 0) is 46.3 Å². The second-order valence-corrected chi connectivity index (χ2v) is 9.77. The van der Waals surface area contributed by atoms with Crippen LogP contribution < -0.4 is 0 Å². The molecule has 1 atom stereocenters. The number of aromatic nitrogens is 1. The highest BCUT2D eigenvalue weighted by atomic mass is 32.1. The molecular weight excluding hydrogens is 400 g/mol. The number of thiophene rings is 3. The first kappa shape index (κ1) is 16.4. The maximum atomic E-state index is 13.3. The molecule has 4 aromatic rings. The Hall–Kier alpha value is -1.80.